The van der Waals surface area contributed by atoms with Crippen molar-refractivity contribution in [1.29, 1.82) is 0 Å². The molecule has 5 aliphatic rings. The fraction of sp³-hybridized carbons (Fsp3) is 0.640. The molecule has 1 amide bonds. The second-order valence-corrected chi connectivity index (χ2v) is 9.94. The second kappa shape index (κ2) is 7.24. The first-order chi connectivity index (χ1) is 13.6. The van der Waals surface area contributed by atoms with Crippen LogP contribution in [-0.4, -0.2) is 19.6 Å². The molecular formula is C25H33NO2. The van der Waals surface area contributed by atoms with Crippen LogP contribution >= 0.6 is 0 Å². The summed E-state index contributed by atoms with van der Waals surface area (Å²) >= 11 is 0. The molecule has 28 heavy (non-hydrogen) atoms. The SMILES string of the molecule is COc1ccc(C(=O)NCC2C=CCCC2)cc1C12CC3CC(CC(C3)C1)C2. The molecule has 0 spiro atoms. The number of nitrogens with one attached hydrogen (secondary N) is 1. The van der Waals surface area contributed by atoms with Gasteiger partial charge in [-0.25, -0.2) is 0 Å². The van der Waals surface area contributed by atoms with Crippen LogP contribution in [0.1, 0.15) is 73.7 Å². The van der Waals surface area contributed by atoms with Gasteiger partial charge >= 0.3 is 0 Å². The third-order valence-corrected chi connectivity index (χ3v) is 7.95. The molecule has 4 saturated carbocycles. The lowest BCUT2D eigenvalue weighted by atomic mass is 9.48. The van der Waals surface area contributed by atoms with Crippen LogP contribution in [0.3, 0.4) is 0 Å². The van der Waals surface area contributed by atoms with E-state index in [4.69, 9.17) is 4.74 Å². The highest BCUT2D eigenvalue weighted by Crippen LogP contribution is 2.61. The number of hydrogen-bond acceptors (Lipinski definition) is 2. The van der Waals surface area contributed by atoms with Crippen LogP contribution < -0.4 is 10.1 Å². The minimum Gasteiger partial charge on any atom is -0.496 e. The number of carbonyl (C=O) groups excluding carboxylic acids is 1. The Morgan fingerprint density at radius 1 is 1.14 bits per heavy atom. The van der Waals surface area contributed by atoms with Crippen molar-refractivity contribution in [3.8, 4) is 5.75 Å². The molecule has 150 valence electrons. The summed E-state index contributed by atoms with van der Waals surface area (Å²) in [6.45, 7) is 0.744. The lowest BCUT2D eigenvalue weighted by molar-refractivity contribution is -0.00617. The summed E-state index contributed by atoms with van der Waals surface area (Å²) in [7, 11) is 1.77. The second-order valence-electron chi connectivity index (χ2n) is 9.94. The zero-order valence-electron chi connectivity index (χ0n) is 17.1. The van der Waals surface area contributed by atoms with Crippen molar-refractivity contribution in [3.63, 3.8) is 0 Å². The van der Waals surface area contributed by atoms with Crippen LogP contribution in [0.2, 0.25) is 0 Å². The standard InChI is InChI=1S/C25H33NO2/c1-28-23-8-7-21(24(27)26-16-17-5-3-2-4-6-17)12-22(23)25-13-18-9-19(14-25)11-20(10-18)15-25/h3,5,7-8,12,17-20H,2,4,6,9-11,13-16H2,1H3,(H,26,27). The Morgan fingerprint density at radius 2 is 1.86 bits per heavy atom. The Hall–Kier alpha value is -1.77. The number of ether oxygens (including phenoxy) is 1. The Labute approximate surface area is 168 Å². The highest BCUT2D eigenvalue weighted by atomic mass is 16.5. The number of rotatable bonds is 5. The molecule has 1 unspecified atom stereocenters. The maximum Gasteiger partial charge on any atom is 0.251 e. The summed E-state index contributed by atoms with van der Waals surface area (Å²) in [4.78, 5) is 12.9. The van der Waals surface area contributed by atoms with Gasteiger partial charge in [0.05, 0.1) is 7.11 Å². The van der Waals surface area contributed by atoms with Gasteiger partial charge in [0, 0.05) is 17.7 Å². The molecule has 0 saturated heterocycles. The monoisotopic (exact) mass is 379 g/mol. The first-order valence-electron chi connectivity index (χ1n) is 11.3. The topological polar surface area (TPSA) is 38.3 Å². The largest absolute Gasteiger partial charge is 0.496 e. The third kappa shape index (κ3) is 3.27. The molecule has 0 radical (unpaired) electrons. The summed E-state index contributed by atoms with van der Waals surface area (Å²) in [5.41, 5.74) is 2.34. The van der Waals surface area contributed by atoms with E-state index in [2.05, 4.69) is 23.5 Å². The fourth-order valence-corrected chi connectivity index (χ4v) is 7.08. The van der Waals surface area contributed by atoms with Crippen molar-refractivity contribution in [3.05, 3.63) is 41.5 Å². The summed E-state index contributed by atoms with van der Waals surface area (Å²) in [5, 5.41) is 3.18. The van der Waals surface area contributed by atoms with E-state index in [1.54, 1.807) is 7.11 Å². The van der Waals surface area contributed by atoms with E-state index in [9.17, 15) is 4.79 Å². The van der Waals surface area contributed by atoms with Crippen molar-refractivity contribution in [2.24, 2.45) is 23.7 Å². The van der Waals surface area contributed by atoms with Crippen LogP contribution in [0.4, 0.5) is 0 Å². The van der Waals surface area contributed by atoms with Crippen molar-refractivity contribution >= 4 is 5.91 Å². The van der Waals surface area contributed by atoms with Gasteiger partial charge in [-0.15, -0.1) is 0 Å². The number of allylic oxidation sites excluding steroid dienone is 1. The quantitative estimate of drug-likeness (QED) is 0.710. The zero-order chi connectivity index (χ0) is 19.1. The molecule has 1 aromatic carbocycles. The normalized spacial score (nSPS) is 35.8. The molecule has 0 heterocycles. The van der Waals surface area contributed by atoms with E-state index in [0.29, 0.717) is 5.92 Å². The molecule has 1 aromatic rings. The molecule has 3 heteroatoms. The van der Waals surface area contributed by atoms with Gasteiger partial charge in [0.15, 0.2) is 0 Å². The van der Waals surface area contributed by atoms with Gasteiger partial charge in [-0.3, -0.25) is 4.79 Å². The Bertz CT molecular complexity index is 745. The van der Waals surface area contributed by atoms with E-state index in [0.717, 1.165) is 35.6 Å². The smallest absolute Gasteiger partial charge is 0.251 e. The Kier molecular flexibility index (Phi) is 4.72. The van der Waals surface area contributed by atoms with Crippen molar-refractivity contribution in [2.75, 3.05) is 13.7 Å². The molecule has 4 fully saturated rings. The van der Waals surface area contributed by atoms with E-state index in [-0.39, 0.29) is 11.3 Å². The van der Waals surface area contributed by atoms with Crippen LogP contribution in [0.25, 0.3) is 0 Å². The molecular weight excluding hydrogens is 346 g/mol. The number of benzene rings is 1. The molecule has 3 nitrogen and oxygen atoms in total. The molecule has 5 aliphatic carbocycles. The molecule has 1 atom stereocenters. The van der Waals surface area contributed by atoms with Gasteiger partial charge in [-0.2, -0.15) is 0 Å². The average Bonchev–Trinajstić information content (AvgIpc) is 2.71. The highest BCUT2D eigenvalue weighted by Gasteiger charge is 2.52. The number of hydrogen-bond donors (Lipinski definition) is 1. The molecule has 1 N–H and O–H groups in total. The van der Waals surface area contributed by atoms with Crippen LogP contribution in [0.15, 0.2) is 30.4 Å². The summed E-state index contributed by atoms with van der Waals surface area (Å²) in [6.07, 6.45) is 16.2. The predicted octanol–water partition coefficient (Wildman–Crippen LogP) is 5.25. The minimum absolute atomic E-state index is 0.0626. The van der Waals surface area contributed by atoms with Gasteiger partial charge < -0.3 is 10.1 Å². The van der Waals surface area contributed by atoms with E-state index >= 15 is 0 Å². The van der Waals surface area contributed by atoms with Gasteiger partial charge in [-0.1, -0.05) is 12.2 Å². The van der Waals surface area contributed by atoms with Crippen LogP contribution in [0.5, 0.6) is 5.75 Å². The zero-order valence-corrected chi connectivity index (χ0v) is 17.1. The molecule has 6 rings (SSSR count). The summed E-state index contributed by atoms with van der Waals surface area (Å²) < 4.78 is 5.78. The minimum atomic E-state index is 0.0626. The summed E-state index contributed by atoms with van der Waals surface area (Å²) in [6, 6.07) is 6.14. The number of carbonyl (C=O) groups is 1. The Balaban J connectivity index is 1.38. The average molecular weight is 380 g/mol. The van der Waals surface area contributed by atoms with Crippen molar-refractivity contribution in [2.45, 2.75) is 63.2 Å². The van der Waals surface area contributed by atoms with Gasteiger partial charge in [0.1, 0.15) is 5.75 Å². The van der Waals surface area contributed by atoms with Crippen molar-refractivity contribution in [1.82, 2.24) is 5.32 Å². The van der Waals surface area contributed by atoms with Crippen LogP contribution in [-0.2, 0) is 5.41 Å². The summed E-state index contributed by atoms with van der Waals surface area (Å²) in [5.74, 6) is 4.17. The Morgan fingerprint density at radius 3 is 2.46 bits per heavy atom. The van der Waals surface area contributed by atoms with Gasteiger partial charge in [-0.05, 0) is 105 Å². The van der Waals surface area contributed by atoms with E-state index in [1.165, 1.54) is 63.4 Å². The lowest BCUT2D eigenvalue weighted by Gasteiger charge is -2.57. The van der Waals surface area contributed by atoms with E-state index < -0.39 is 0 Å². The van der Waals surface area contributed by atoms with E-state index in [1.807, 2.05) is 12.1 Å². The van der Waals surface area contributed by atoms with Crippen molar-refractivity contribution < 1.29 is 9.53 Å². The molecule has 0 aromatic heterocycles. The van der Waals surface area contributed by atoms with Gasteiger partial charge in [0.2, 0.25) is 0 Å². The molecule has 4 bridgehead atoms. The highest BCUT2D eigenvalue weighted by molar-refractivity contribution is 5.94. The number of methoxy groups -OCH3 is 1. The maximum absolute atomic E-state index is 12.9. The fourth-order valence-electron chi connectivity index (χ4n) is 7.08. The lowest BCUT2D eigenvalue weighted by Crippen LogP contribution is -2.48. The molecule has 0 aliphatic heterocycles. The predicted molar refractivity (Wildman–Crippen MR) is 112 cm³/mol. The first kappa shape index (κ1) is 18.3. The number of amides is 1. The third-order valence-electron chi connectivity index (χ3n) is 7.95. The first-order valence-corrected chi connectivity index (χ1v) is 11.3. The maximum atomic E-state index is 12.9. The van der Waals surface area contributed by atoms with Gasteiger partial charge in [0.25, 0.3) is 5.91 Å². The van der Waals surface area contributed by atoms with Crippen LogP contribution in [0, 0.1) is 23.7 Å².